The van der Waals surface area contributed by atoms with Crippen LogP contribution in [0.15, 0.2) is 35.6 Å². The fraction of sp³-hybridized carbons (Fsp3) is 0.524. The third-order valence-corrected chi connectivity index (χ3v) is 5.09. The van der Waals surface area contributed by atoms with Crippen molar-refractivity contribution in [3.63, 3.8) is 0 Å². The van der Waals surface area contributed by atoms with Crippen LogP contribution in [0.3, 0.4) is 0 Å². The van der Waals surface area contributed by atoms with Crippen LogP contribution < -0.4 is 16.0 Å². The molecule has 2 aromatic rings. The number of carbonyl (C=O) groups excluding carboxylic acids is 1. The van der Waals surface area contributed by atoms with E-state index in [1.165, 1.54) is 0 Å². The maximum absolute atomic E-state index is 12.1. The van der Waals surface area contributed by atoms with Crippen molar-refractivity contribution in [2.75, 3.05) is 18.4 Å². The molecule has 0 spiro atoms. The average molecular weight is 525 g/mol. The van der Waals surface area contributed by atoms with Crippen molar-refractivity contribution in [3.8, 4) is 0 Å². The number of rotatable bonds is 9. The van der Waals surface area contributed by atoms with Crippen LogP contribution in [0.2, 0.25) is 0 Å². The Bertz CT molecular complexity index is 832. The number of hydrogen-bond donors (Lipinski definition) is 3. The van der Waals surface area contributed by atoms with Gasteiger partial charge in [-0.1, -0.05) is 25.5 Å². The molecule has 0 unspecified atom stereocenters. The minimum absolute atomic E-state index is 0. The molecule has 1 aromatic carbocycles. The summed E-state index contributed by atoms with van der Waals surface area (Å²) < 4.78 is 2.05. The summed E-state index contributed by atoms with van der Waals surface area (Å²) >= 11 is 0. The van der Waals surface area contributed by atoms with E-state index in [0.29, 0.717) is 6.54 Å². The Balaban J connectivity index is 0.00000320. The molecule has 0 aliphatic heterocycles. The second kappa shape index (κ2) is 12.5. The number of nitrogens with zero attached hydrogens (tertiary/aromatic N) is 4. The molecule has 1 fully saturated rings. The first-order valence-electron chi connectivity index (χ1n) is 10.5. The van der Waals surface area contributed by atoms with Crippen LogP contribution in [0.1, 0.15) is 44.5 Å². The molecule has 1 aliphatic carbocycles. The molecule has 1 amide bonds. The number of aromatic nitrogens is 3. The lowest BCUT2D eigenvalue weighted by Crippen LogP contribution is -2.38. The van der Waals surface area contributed by atoms with Gasteiger partial charge in [0.2, 0.25) is 5.91 Å². The summed E-state index contributed by atoms with van der Waals surface area (Å²) in [6, 6.07) is 7.91. The average Bonchev–Trinajstić information content (AvgIpc) is 3.12. The number of nitrogens with one attached hydrogen (secondary N) is 3. The highest BCUT2D eigenvalue weighted by atomic mass is 127. The van der Waals surface area contributed by atoms with E-state index in [0.717, 1.165) is 68.4 Å². The molecule has 9 heteroatoms. The van der Waals surface area contributed by atoms with E-state index < -0.39 is 0 Å². The standard InChI is InChI=1S/C21H31N7O.HI/c1-3-19-27-25-15-28(19)12-11-23-21(22-4-2)24-14-16-7-5-10-18(13-16)26-20(29)17-8-6-9-17;/h5,7,10,13,15,17H,3-4,6,8-9,11-12,14H2,1-2H3,(H,26,29)(H2,22,23,24);1H. The second-order valence-electron chi connectivity index (χ2n) is 7.23. The molecule has 0 atom stereocenters. The predicted molar refractivity (Wildman–Crippen MR) is 130 cm³/mol. The third kappa shape index (κ3) is 6.96. The lowest BCUT2D eigenvalue weighted by atomic mass is 9.85. The van der Waals surface area contributed by atoms with E-state index in [1.54, 1.807) is 6.33 Å². The molecule has 1 saturated carbocycles. The summed E-state index contributed by atoms with van der Waals surface area (Å²) in [6.45, 7) is 6.95. The van der Waals surface area contributed by atoms with Crippen LogP contribution in [0.4, 0.5) is 5.69 Å². The number of benzene rings is 1. The van der Waals surface area contributed by atoms with Crippen molar-refractivity contribution in [3.05, 3.63) is 42.0 Å². The summed E-state index contributed by atoms with van der Waals surface area (Å²) in [5, 5.41) is 17.7. The minimum atomic E-state index is 0. The van der Waals surface area contributed by atoms with Crippen molar-refractivity contribution in [1.29, 1.82) is 0 Å². The molecule has 1 aliphatic rings. The summed E-state index contributed by atoms with van der Waals surface area (Å²) in [4.78, 5) is 16.8. The quantitative estimate of drug-likeness (QED) is 0.266. The van der Waals surface area contributed by atoms with Crippen molar-refractivity contribution in [2.24, 2.45) is 10.9 Å². The maximum atomic E-state index is 12.1. The highest BCUT2D eigenvalue weighted by Crippen LogP contribution is 2.27. The van der Waals surface area contributed by atoms with Gasteiger partial charge in [0.15, 0.2) is 5.96 Å². The first-order valence-corrected chi connectivity index (χ1v) is 10.5. The Hall–Kier alpha value is -2.17. The van der Waals surface area contributed by atoms with E-state index in [9.17, 15) is 4.79 Å². The van der Waals surface area contributed by atoms with Gasteiger partial charge in [-0.05, 0) is 37.5 Å². The molecule has 164 valence electrons. The number of guanidine groups is 1. The molecule has 8 nitrogen and oxygen atoms in total. The van der Waals surface area contributed by atoms with Crippen LogP contribution in [0.25, 0.3) is 0 Å². The highest BCUT2D eigenvalue weighted by molar-refractivity contribution is 14.0. The molecule has 3 rings (SSSR count). The molecule has 30 heavy (non-hydrogen) atoms. The van der Waals surface area contributed by atoms with E-state index in [2.05, 4.69) is 38.1 Å². The maximum Gasteiger partial charge on any atom is 0.227 e. The van der Waals surface area contributed by atoms with E-state index in [1.807, 2.05) is 35.8 Å². The van der Waals surface area contributed by atoms with Gasteiger partial charge in [0.25, 0.3) is 0 Å². The Morgan fingerprint density at radius 1 is 1.27 bits per heavy atom. The Morgan fingerprint density at radius 3 is 2.80 bits per heavy atom. The highest BCUT2D eigenvalue weighted by Gasteiger charge is 2.25. The second-order valence-corrected chi connectivity index (χ2v) is 7.23. The van der Waals surface area contributed by atoms with E-state index in [4.69, 9.17) is 0 Å². The molecule has 0 saturated heterocycles. The third-order valence-electron chi connectivity index (χ3n) is 5.09. The van der Waals surface area contributed by atoms with Crippen molar-refractivity contribution in [2.45, 2.75) is 52.6 Å². The Labute approximate surface area is 195 Å². The van der Waals surface area contributed by atoms with Crippen molar-refractivity contribution in [1.82, 2.24) is 25.4 Å². The van der Waals surface area contributed by atoms with Gasteiger partial charge in [-0.3, -0.25) is 4.79 Å². The van der Waals surface area contributed by atoms with Crippen molar-refractivity contribution < 1.29 is 4.79 Å². The molecule has 1 aromatic heterocycles. The molecular weight excluding hydrogens is 493 g/mol. The smallest absolute Gasteiger partial charge is 0.227 e. The number of amides is 1. The van der Waals surface area contributed by atoms with Crippen LogP contribution in [-0.4, -0.2) is 39.7 Å². The number of aliphatic imine (C=N–C) groups is 1. The van der Waals surface area contributed by atoms with Crippen LogP contribution in [0.5, 0.6) is 0 Å². The fourth-order valence-corrected chi connectivity index (χ4v) is 3.21. The SMILES string of the molecule is CCNC(=NCc1cccc(NC(=O)C2CCC2)c1)NCCn1cnnc1CC.I. The van der Waals surface area contributed by atoms with Gasteiger partial charge >= 0.3 is 0 Å². The predicted octanol–water partition coefficient (Wildman–Crippen LogP) is 2.95. The number of halogens is 1. The number of carbonyl (C=O) groups is 1. The zero-order valence-electron chi connectivity index (χ0n) is 17.7. The monoisotopic (exact) mass is 525 g/mol. The largest absolute Gasteiger partial charge is 0.357 e. The topological polar surface area (TPSA) is 96.2 Å². The van der Waals surface area contributed by atoms with Gasteiger partial charge in [0, 0.05) is 37.7 Å². The van der Waals surface area contributed by atoms with Crippen LogP contribution in [0, 0.1) is 5.92 Å². The lowest BCUT2D eigenvalue weighted by Gasteiger charge is -2.24. The summed E-state index contributed by atoms with van der Waals surface area (Å²) in [6.07, 6.45) is 5.78. The van der Waals surface area contributed by atoms with Gasteiger partial charge < -0.3 is 20.5 Å². The zero-order valence-corrected chi connectivity index (χ0v) is 20.1. The molecular formula is C21H32IN7O. The zero-order chi connectivity index (χ0) is 20.5. The van der Waals surface area contributed by atoms with E-state index >= 15 is 0 Å². The summed E-state index contributed by atoms with van der Waals surface area (Å²) in [5.74, 6) is 2.06. The summed E-state index contributed by atoms with van der Waals surface area (Å²) in [7, 11) is 0. The van der Waals surface area contributed by atoms with E-state index in [-0.39, 0.29) is 35.8 Å². The molecule has 0 radical (unpaired) electrons. The Kier molecular flexibility index (Phi) is 10.0. The number of hydrogen-bond acceptors (Lipinski definition) is 4. The molecule has 3 N–H and O–H groups in total. The lowest BCUT2D eigenvalue weighted by molar-refractivity contribution is -0.122. The summed E-state index contributed by atoms with van der Waals surface area (Å²) in [5.41, 5.74) is 1.90. The van der Waals surface area contributed by atoms with Gasteiger partial charge in [0.1, 0.15) is 12.2 Å². The van der Waals surface area contributed by atoms with Crippen LogP contribution >= 0.6 is 24.0 Å². The Morgan fingerprint density at radius 2 is 2.10 bits per heavy atom. The normalized spacial score (nSPS) is 13.9. The van der Waals surface area contributed by atoms with Gasteiger partial charge in [0.05, 0.1) is 6.54 Å². The fourth-order valence-electron chi connectivity index (χ4n) is 3.21. The molecule has 0 bridgehead atoms. The van der Waals surface area contributed by atoms with Crippen LogP contribution in [-0.2, 0) is 24.3 Å². The van der Waals surface area contributed by atoms with Gasteiger partial charge in [-0.25, -0.2) is 4.99 Å². The minimum Gasteiger partial charge on any atom is -0.357 e. The first-order chi connectivity index (χ1) is 14.2. The number of anilines is 1. The number of aryl methyl sites for hydroxylation is 1. The van der Waals surface area contributed by atoms with Gasteiger partial charge in [-0.15, -0.1) is 34.2 Å². The van der Waals surface area contributed by atoms with Gasteiger partial charge in [-0.2, -0.15) is 0 Å². The van der Waals surface area contributed by atoms with Crippen molar-refractivity contribution >= 4 is 41.5 Å². The first kappa shape index (κ1) is 24.1. The molecule has 1 heterocycles.